The molecule has 2 aromatic heterocycles. The summed E-state index contributed by atoms with van der Waals surface area (Å²) in [5.41, 5.74) is 0.728. The summed E-state index contributed by atoms with van der Waals surface area (Å²) in [5.74, 6) is -0.433. The average molecular weight is 307 g/mol. The molecule has 2 heterocycles. The van der Waals surface area contributed by atoms with Crippen molar-refractivity contribution in [2.75, 3.05) is 5.32 Å². The van der Waals surface area contributed by atoms with Crippen molar-refractivity contribution in [3.05, 3.63) is 22.7 Å². The molecular formula is C13H17N5O2S. The highest BCUT2D eigenvalue weighted by molar-refractivity contribution is 7.15. The Hall–Kier alpha value is -1.96. The van der Waals surface area contributed by atoms with Crippen LogP contribution in [-0.2, 0) is 18.3 Å². The summed E-state index contributed by atoms with van der Waals surface area (Å²) in [7, 11) is 1.89. The maximum atomic E-state index is 11.3. The van der Waals surface area contributed by atoms with Crippen molar-refractivity contribution >= 4 is 22.4 Å². The number of nitrogens with one attached hydrogen (secondary N) is 1. The molecule has 0 fully saturated rings. The molecule has 0 spiro atoms. The van der Waals surface area contributed by atoms with Gasteiger partial charge in [0.25, 0.3) is 0 Å². The SMILES string of the molecule is CC(Nc1nc2c(s1)CCCC2C(=O)O)c1nncn1C. The molecule has 0 radical (unpaired) electrons. The molecule has 2 N–H and O–H groups in total. The van der Waals surface area contributed by atoms with Crippen LogP contribution in [-0.4, -0.2) is 30.8 Å². The van der Waals surface area contributed by atoms with Crippen LogP contribution < -0.4 is 5.32 Å². The van der Waals surface area contributed by atoms with Crippen molar-refractivity contribution in [2.24, 2.45) is 7.05 Å². The van der Waals surface area contributed by atoms with Crippen molar-refractivity contribution in [2.45, 2.75) is 38.1 Å². The summed E-state index contributed by atoms with van der Waals surface area (Å²) in [5, 5.41) is 21.3. The molecule has 0 aliphatic heterocycles. The topological polar surface area (TPSA) is 92.9 Å². The highest BCUT2D eigenvalue weighted by atomic mass is 32.1. The first-order chi connectivity index (χ1) is 10.1. The van der Waals surface area contributed by atoms with E-state index in [1.165, 1.54) is 0 Å². The van der Waals surface area contributed by atoms with E-state index in [-0.39, 0.29) is 6.04 Å². The number of carbonyl (C=O) groups is 1. The van der Waals surface area contributed by atoms with Gasteiger partial charge in [-0.25, -0.2) is 4.98 Å². The molecule has 3 rings (SSSR count). The monoisotopic (exact) mass is 307 g/mol. The van der Waals surface area contributed by atoms with Crippen LogP contribution in [0.4, 0.5) is 5.13 Å². The van der Waals surface area contributed by atoms with Gasteiger partial charge in [-0.1, -0.05) is 0 Å². The van der Waals surface area contributed by atoms with Crippen molar-refractivity contribution < 1.29 is 9.90 Å². The van der Waals surface area contributed by atoms with E-state index in [9.17, 15) is 9.90 Å². The lowest BCUT2D eigenvalue weighted by atomic mass is 9.91. The third kappa shape index (κ3) is 2.63. The van der Waals surface area contributed by atoms with E-state index >= 15 is 0 Å². The van der Waals surface area contributed by atoms with E-state index in [0.717, 1.165) is 34.4 Å². The minimum atomic E-state index is -0.783. The van der Waals surface area contributed by atoms with Crippen LogP contribution in [0.3, 0.4) is 0 Å². The summed E-state index contributed by atoms with van der Waals surface area (Å²) in [6.45, 7) is 1.99. The second kappa shape index (κ2) is 5.44. The fourth-order valence-corrected chi connectivity index (χ4v) is 3.81. The van der Waals surface area contributed by atoms with Gasteiger partial charge in [-0.05, 0) is 26.2 Å². The van der Waals surface area contributed by atoms with Gasteiger partial charge < -0.3 is 15.0 Å². The summed E-state index contributed by atoms with van der Waals surface area (Å²) in [6.07, 6.45) is 4.15. The fourth-order valence-electron chi connectivity index (χ4n) is 2.65. The van der Waals surface area contributed by atoms with Gasteiger partial charge in [0.05, 0.1) is 11.7 Å². The second-order valence-electron chi connectivity index (χ2n) is 5.28. The summed E-state index contributed by atoms with van der Waals surface area (Å²) in [4.78, 5) is 16.9. The molecule has 21 heavy (non-hydrogen) atoms. The summed E-state index contributed by atoms with van der Waals surface area (Å²) in [6, 6.07) is -0.0339. The smallest absolute Gasteiger partial charge is 0.312 e. The van der Waals surface area contributed by atoms with Crippen LogP contribution in [0.5, 0.6) is 0 Å². The maximum absolute atomic E-state index is 11.3. The standard InChI is InChI=1S/C13H17N5O2S/c1-7(11-17-14-6-18(11)2)15-13-16-10-8(12(19)20)4-3-5-9(10)21-13/h6-8H,3-5H2,1-2H3,(H,15,16)(H,19,20). The van der Waals surface area contributed by atoms with Gasteiger partial charge in [-0.3, -0.25) is 4.79 Å². The number of rotatable bonds is 4. The normalized spacial score (nSPS) is 19.0. The van der Waals surface area contributed by atoms with Crippen LogP contribution in [0.2, 0.25) is 0 Å². The van der Waals surface area contributed by atoms with Crippen LogP contribution in [0, 0.1) is 0 Å². The Labute approximate surface area is 126 Å². The zero-order valence-corrected chi connectivity index (χ0v) is 12.7. The van der Waals surface area contributed by atoms with E-state index in [4.69, 9.17) is 0 Å². The van der Waals surface area contributed by atoms with E-state index in [2.05, 4.69) is 20.5 Å². The zero-order valence-electron chi connectivity index (χ0n) is 11.9. The van der Waals surface area contributed by atoms with E-state index in [1.54, 1.807) is 17.7 Å². The van der Waals surface area contributed by atoms with Crippen LogP contribution in [0.1, 0.15) is 48.1 Å². The summed E-state index contributed by atoms with van der Waals surface area (Å²) < 4.78 is 1.85. The van der Waals surface area contributed by atoms with E-state index in [0.29, 0.717) is 6.42 Å². The van der Waals surface area contributed by atoms with Crippen molar-refractivity contribution in [3.63, 3.8) is 0 Å². The van der Waals surface area contributed by atoms with Crippen LogP contribution >= 0.6 is 11.3 Å². The lowest BCUT2D eigenvalue weighted by Crippen LogP contribution is -2.17. The van der Waals surface area contributed by atoms with Gasteiger partial charge in [-0.2, -0.15) is 0 Å². The molecule has 2 atom stereocenters. The Kier molecular flexibility index (Phi) is 3.62. The molecular weight excluding hydrogens is 290 g/mol. The lowest BCUT2D eigenvalue weighted by Gasteiger charge is -2.16. The minimum Gasteiger partial charge on any atom is -0.481 e. The third-order valence-electron chi connectivity index (χ3n) is 3.73. The van der Waals surface area contributed by atoms with Crippen molar-refractivity contribution in [1.29, 1.82) is 0 Å². The van der Waals surface area contributed by atoms with Gasteiger partial charge in [0, 0.05) is 11.9 Å². The molecule has 7 nitrogen and oxygen atoms in total. The Bertz CT molecular complexity index is 665. The highest BCUT2D eigenvalue weighted by Gasteiger charge is 2.30. The Balaban J connectivity index is 1.82. The maximum Gasteiger partial charge on any atom is 0.312 e. The molecule has 2 unspecified atom stereocenters. The second-order valence-corrected chi connectivity index (χ2v) is 6.36. The molecule has 0 saturated heterocycles. The number of anilines is 1. The lowest BCUT2D eigenvalue weighted by molar-refractivity contribution is -0.139. The quantitative estimate of drug-likeness (QED) is 0.897. The molecule has 0 amide bonds. The molecule has 0 aromatic carbocycles. The zero-order chi connectivity index (χ0) is 15.0. The van der Waals surface area contributed by atoms with E-state index in [1.807, 2.05) is 18.5 Å². The van der Waals surface area contributed by atoms with Gasteiger partial charge in [0.2, 0.25) is 0 Å². The van der Waals surface area contributed by atoms with Crippen molar-refractivity contribution in [3.8, 4) is 0 Å². The number of hydrogen-bond acceptors (Lipinski definition) is 6. The molecule has 2 aromatic rings. The van der Waals surface area contributed by atoms with Gasteiger partial charge in [0.15, 0.2) is 11.0 Å². The largest absolute Gasteiger partial charge is 0.481 e. The number of aromatic nitrogens is 4. The number of aryl methyl sites for hydroxylation is 2. The first-order valence-corrected chi connectivity index (χ1v) is 7.70. The third-order valence-corrected chi connectivity index (χ3v) is 4.79. The fraction of sp³-hybridized carbons (Fsp3) is 0.538. The molecule has 1 aliphatic carbocycles. The Morgan fingerprint density at radius 1 is 1.62 bits per heavy atom. The molecule has 0 saturated carbocycles. The Morgan fingerprint density at radius 3 is 3.10 bits per heavy atom. The van der Waals surface area contributed by atoms with Gasteiger partial charge in [0.1, 0.15) is 12.2 Å². The van der Waals surface area contributed by atoms with Gasteiger partial charge in [-0.15, -0.1) is 21.5 Å². The number of carboxylic acid groups (broad SMARTS) is 1. The highest BCUT2D eigenvalue weighted by Crippen LogP contribution is 2.37. The number of aliphatic carboxylic acids is 1. The first kappa shape index (κ1) is 14.0. The number of carboxylic acids is 1. The number of nitrogens with zero attached hydrogens (tertiary/aromatic N) is 4. The van der Waals surface area contributed by atoms with Gasteiger partial charge >= 0.3 is 5.97 Å². The van der Waals surface area contributed by atoms with E-state index < -0.39 is 11.9 Å². The predicted octanol–water partition coefficient (Wildman–Crippen LogP) is 1.95. The summed E-state index contributed by atoms with van der Waals surface area (Å²) >= 11 is 1.54. The molecule has 1 aliphatic rings. The predicted molar refractivity (Wildman–Crippen MR) is 78.5 cm³/mol. The average Bonchev–Trinajstić information content (AvgIpc) is 3.03. The molecule has 112 valence electrons. The first-order valence-electron chi connectivity index (χ1n) is 6.89. The van der Waals surface area contributed by atoms with Crippen LogP contribution in [0.25, 0.3) is 0 Å². The molecule has 0 bridgehead atoms. The molecule has 8 heteroatoms. The number of fused-ring (bicyclic) bond motifs is 1. The van der Waals surface area contributed by atoms with Crippen molar-refractivity contribution in [1.82, 2.24) is 19.7 Å². The number of thiazole rings is 1. The van der Waals surface area contributed by atoms with Crippen LogP contribution in [0.15, 0.2) is 6.33 Å². The number of hydrogen-bond donors (Lipinski definition) is 2. The Morgan fingerprint density at radius 2 is 2.43 bits per heavy atom. The minimum absolute atomic E-state index is 0.0339.